The fourth-order valence-corrected chi connectivity index (χ4v) is 4.44. The lowest BCUT2D eigenvalue weighted by Crippen LogP contribution is -2.13. The number of sulfonamides is 1. The summed E-state index contributed by atoms with van der Waals surface area (Å²) in [6.07, 6.45) is 0. The molecule has 4 rings (SSSR count). The molecule has 11 heteroatoms. The molecule has 35 heavy (non-hydrogen) atoms. The molecule has 0 aliphatic heterocycles. The van der Waals surface area contributed by atoms with E-state index in [1.807, 2.05) is 20.8 Å². The lowest BCUT2D eigenvalue weighted by molar-refractivity contribution is 0.385. The van der Waals surface area contributed by atoms with Gasteiger partial charge in [0.05, 0.1) is 17.7 Å². The van der Waals surface area contributed by atoms with Crippen LogP contribution < -0.4 is 14.2 Å². The summed E-state index contributed by atoms with van der Waals surface area (Å²) in [5.41, 5.74) is 3.25. The molecule has 0 bridgehead atoms. The largest absolute Gasteiger partial charge is 0.494 e. The summed E-state index contributed by atoms with van der Waals surface area (Å²) < 4.78 is 54.0. The smallest absolute Gasteiger partial charge is 0.262 e. The van der Waals surface area contributed by atoms with E-state index < -0.39 is 15.8 Å². The molecule has 0 unspecified atom stereocenters. The monoisotopic (exact) mass is 497 g/mol. The van der Waals surface area contributed by atoms with Gasteiger partial charge in [-0.15, -0.1) is 0 Å². The number of rotatable bonds is 7. The van der Waals surface area contributed by atoms with Gasteiger partial charge in [0, 0.05) is 17.4 Å². The maximum atomic E-state index is 13.9. The number of aryl methyl sites for hydroxylation is 2. The topological polar surface area (TPSA) is 108 Å². The number of anilines is 1. The Kier molecular flexibility index (Phi) is 6.44. The van der Waals surface area contributed by atoms with Gasteiger partial charge in [-0.1, -0.05) is 0 Å². The molecule has 9 nitrogen and oxygen atoms in total. The molecular formula is C24H24FN5O4S. The standard InChI is InChI=1S/C24H24FN5O4S/c1-14-15(2)28-30(16(14)3)23-13-24(27-17(4)26-23)34-19-8-6-18(7-9-19)29-35(31,32)20-10-11-22(33-5)21(25)12-20/h6-13,29H,1-5H3. The van der Waals surface area contributed by atoms with Crippen LogP contribution in [-0.4, -0.2) is 35.3 Å². The van der Waals surface area contributed by atoms with Crippen LogP contribution in [0.2, 0.25) is 0 Å². The van der Waals surface area contributed by atoms with Crippen LogP contribution in [0.25, 0.3) is 5.82 Å². The van der Waals surface area contributed by atoms with E-state index in [9.17, 15) is 12.8 Å². The Balaban J connectivity index is 1.52. The zero-order valence-electron chi connectivity index (χ0n) is 19.8. The van der Waals surface area contributed by atoms with Crippen molar-refractivity contribution in [2.45, 2.75) is 32.6 Å². The van der Waals surface area contributed by atoms with Crippen molar-refractivity contribution in [2.24, 2.45) is 0 Å². The Morgan fingerprint density at radius 1 is 0.971 bits per heavy atom. The van der Waals surface area contributed by atoms with Crippen LogP contribution in [0.1, 0.15) is 22.8 Å². The maximum absolute atomic E-state index is 13.9. The number of nitrogens with zero attached hydrogens (tertiary/aromatic N) is 4. The van der Waals surface area contributed by atoms with Crippen molar-refractivity contribution < 1.29 is 22.3 Å². The van der Waals surface area contributed by atoms with Crippen LogP contribution >= 0.6 is 0 Å². The highest BCUT2D eigenvalue weighted by atomic mass is 32.2. The molecule has 0 aliphatic carbocycles. The van der Waals surface area contributed by atoms with Crippen molar-refractivity contribution in [3.8, 4) is 23.2 Å². The number of hydrogen-bond acceptors (Lipinski definition) is 7. The van der Waals surface area contributed by atoms with Gasteiger partial charge in [-0.3, -0.25) is 4.72 Å². The molecular weight excluding hydrogens is 473 g/mol. The SMILES string of the molecule is COc1ccc(S(=O)(=O)Nc2ccc(Oc3cc(-n4nc(C)c(C)c4C)nc(C)n3)cc2)cc1F. The lowest BCUT2D eigenvalue weighted by atomic mass is 10.2. The van der Waals surface area contributed by atoms with E-state index in [0.717, 1.165) is 23.0 Å². The minimum absolute atomic E-state index is 0.0402. The third-order valence-electron chi connectivity index (χ3n) is 5.43. The summed E-state index contributed by atoms with van der Waals surface area (Å²) in [7, 11) is -2.69. The predicted molar refractivity (Wildman–Crippen MR) is 128 cm³/mol. The second kappa shape index (κ2) is 9.34. The third kappa shape index (κ3) is 5.09. The zero-order chi connectivity index (χ0) is 25.3. The Labute approximate surface area is 202 Å². The molecule has 0 radical (unpaired) electrons. The van der Waals surface area contributed by atoms with Gasteiger partial charge in [-0.2, -0.15) is 10.1 Å². The fraction of sp³-hybridized carbons (Fsp3) is 0.208. The molecule has 2 heterocycles. The van der Waals surface area contributed by atoms with Gasteiger partial charge in [0.25, 0.3) is 10.0 Å². The lowest BCUT2D eigenvalue weighted by Gasteiger charge is -2.11. The van der Waals surface area contributed by atoms with E-state index in [-0.39, 0.29) is 16.3 Å². The quantitative estimate of drug-likeness (QED) is 0.396. The molecule has 182 valence electrons. The Morgan fingerprint density at radius 2 is 1.69 bits per heavy atom. The minimum atomic E-state index is -4.00. The van der Waals surface area contributed by atoms with Crippen LogP contribution in [0.5, 0.6) is 17.4 Å². The van der Waals surface area contributed by atoms with Crippen molar-refractivity contribution >= 4 is 15.7 Å². The van der Waals surface area contributed by atoms with Crippen molar-refractivity contribution in [1.82, 2.24) is 19.7 Å². The van der Waals surface area contributed by atoms with Crippen molar-refractivity contribution in [2.75, 3.05) is 11.8 Å². The van der Waals surface area contributed by atoms with Gasteiger partial charge in [-0.05, 0) is 75.7 Å². The number of methoxy groups -OCH3 is 1. The zero-order valence-corrected chi connectivity index (χ0v) is 20.6. The number of benzene rings is 2. The summed E-state index contributed by atoms with van der Waals surface area (Å²) >= 11 is 0. The molecule has 1 N–H and O–H groups in total. The van der Waals surface area contributed by atoms with Crippen LogP contribution in [-0.2, 0) is 10.0 Å². The predicted octanol–water partition coefficient (Wildman–Crippen LogP) is 4.64. The number of ether oxygens (including phenoxy) is 2. The number of aromatic nitrogens is 4. The second-order valence-electron chi connectivity index (χ2n) is 7.85. The molecule has 0 amide bonds. The first-order valence-electron chi connectivity index (χ1n) is 10.6. The first kappa shape index (κ1) is 24.1. The van der Waals surface area contributed by atoms with E-state index in [4.69, 9.17) is 9.47 Å². The maximum Gasteiger partial charge on any atom is 0.262 e. The molecule has 0 atom stereocenters. The average molecular weight is 498 g/mol. The molecule has 0 saturated heterocycles. The molecule has 4 aromatic rings. The van der Waals surface area contributed by atoms with Crippen molar-refractivity contribution in [1.29, 1.82) is 0 Å². The molecule has 0 saturated carbocycles. The molecule has 0 fully saturated rings. The highest BCUT2D eigenvalue weighted by molar-refractivity contribution is 7.92. The molecule has 0 spiro atoms. The van der Waals surface area contributed by atoms with Crippen LogP contribution in [0.4, 0.5) is 10.1 Å². The average Bonchev–Trinajstić information content (AvgIpc) is 3.07. The van der Waals surface area contributed by atoms with Gasteiger partial charge >= 0.3 is 0 Å². The Morgan fingerprint density at radius 3 is 2.29 bits per heavy atom. The second-order valence-corrected chi connectivity index (χ2v) is 9.53. The van der Waals surface area contributed by atoms with Gasteiger partial charge in [0.15, 0.2) is 17.4 Å². The highest BCUT2D eigenvalue weighted by Crippen LogP contribution is 2.26. The molecule has 2 aromatic carbocycles. The van der Waals surface area contributed by atoms with E-state index in [2.05, 4.69) is 19.8 Å². The summed E-state index contributed by atoms with van der Waals surface area (Å²) in [6.45, 7) is 7.66. The first-order valence-corrected chi connectivity index (χ1v) is 12.1. The van der Waals surface area contributed by atoms with Gasteiger partial charge in [-0.25, -0.2) is 22.5 Å². The molecule has 0 aliphatic rings. The minimum Gasteiger partial charge on any atom is -0.494 e. The highest BCUT2D eigenvalue weighted by Gasteiger charge is 2.17. The number of nitrogens with one attached hydrogen (secondary N) is 1. The summed E-state index contributed by atoms with van der Waals surface area (Å²) in [6, 6.07) is 11.4. The number of hydrogen-bond donors (Lipinski definition) is 1. The van der Waals surface area contributed by atoms with Gasteiger partial charge in [0.1, 0.15) is 11.6 Å². The van der Waals surface area contributed by atoms with Gasteiger partial charge in [0.2, 0.25) is 5.88 Å². The van der Waals surface area contributed by atoms with E-state index in [0.29, 0.717) is 23.3 Å². The third-order valence-corrected chi connectivity index (χ3v) is 6.81. The summed E-state index contributed by atoms with van der Waals surface area (Å²) in [4.78, 5) is 8.56. The normalized spacial score (nSPS) is 11.4. The summed E-state index contributed by atoms with van der Waals surface area (Å²) in [5, 5.41) is 4.53. The fourth-order valence-electron chi connectivity index (χ4n) is 3.37. The van der Waals surface area contributed by atoms with E-state index >= 15 is 0 Å². The molecule has 2 aromatic heterocycles. The van der Waals surface area contributed by atoms with E-state index in [1.165, 1.54) is 31.4 Å². The van der Waals surface area contributed by atoms with Crippen LogP contribution in [0.15, 0.2) is 53.4 Å². The van der Waals surface area contributed by atoms with Crippen LogP contribution in [0.3, 0.4) is 0 Å². The van der Waals surface area contributed by atoms with Crippen molar-refractivity contribution in [3.63, 3.8) is 0 Å². The Bertz CT molecular complexity index is 1500. The summed E-state index contributed by atoms with van der Waals surface area (Å²) in [5.74, 6) is 1.05. The number of halogens is 1. The van der Waals surface area contributed by atoms with Crippen molar-refractivity contribution in [3.05, 3.63) is 77.1 Å². The Hall–Kier alpha value is -3.99. The van der Waals surface area contributed by atoms with E-state index in [1.54, 1.807) is 29.8 Å². The first-order chi connectivity index (χ1) is 16.6. The van der Waals surface area contributed by atoms with Crippen LogP contribution in [0, 0.1) is 33.5 Å². The van der Waals surface area contributed by atoms with Gasteiger partial charge < -0.3 is 9.47 Å².